The number of hydrogen-bond donors (Lipinski definition) is 2. The Morgan fingerprint density at radius 3 is 2.50 bits per heavy atom. The van der Waals surface area contributed by atoms with Crippen LogP contribution in [-0.2, 0) is 9.59 Å². The number of piperidine rings is 1. The molecule has 3 atom stereocenters. The van der Waals surface area contributed by atoms with E-state index < -0.39 is 0 Å². The fourth-order valence-electron chi connectivity index (χ4n) is 4.87. The molecule has 0 spiro atoms. The molecule has 2 heterocycles. The van der Waals surface area contributed by atoms with Gasteiger partial charge in [0.15, 0.2) is 0 Å². The molecule has 6 heteroatoms. The van der Waals surface area contributed by atoms with Crippen molar-refractivity contribution in [2.45, 2.75) is 70.8 Å². The van der Waals surface area contributed by atoms with Crippen LogP contribution in [0, 0.1) is 17.8 Å². The van der Waals surface area contributed by atoms with E-state index in [0.717, 1.165) is 57.7 Å². The molecule has 5 nitrogen and oxygen atoms in total. The Hall–Kier alpha value is -0.810. The highest BCUT2D eigenvalue weighted by atomic mass is 35.5. The Morgan fingerprint density at radius 2 is 1.81 bits per heavy atom. The lowest BCUT2D eigenvalue weighted by atomic mass is 9.91. The molecule has 3 fully saturated rings. The lowest BCUT2D eigenvalue weighted by molar-refractivity contribution is -0.137. The van der Waals surface area contributed by atoms with Crippen molar-refractivity contribution in [3.8, 4) is 0 Å². The van der Waals surface area contributed by atoms with E-state index in [1.165, 1.54) is 25.7 Å². The van der Waals surface area contributed by atoms with Crippen molar-refractivity contribution in [1.29, 1.82) is 0 Å². The summed E-state index contributed by atoms with van der Waals surface area (Å²) in [6.45, 7) is 5.47. The molecule has 0 radical (unpaired) electrons. The van der Waals surface area contributed by atoms with E-state index >= 15 is 0 Å². The van der Waals surface area contributed by atoms with Gasteiger partial charge in [-0.15, -0.1) is 12.4 Å². The van der Waals surface area contributed by atoms with E-state index in [2.05, 4.69) is 22.5 Å². The summed E-state index contributed by atoms with van der Waals surface area (Å²) >= 11 is 0. The van der Waals surface area contributed by atoms with Gasteiger partial charge in [0.05, 0.1) is 6.04 Å². The normalized spacial score (nSPS) is 27.8. The average molecular weight is 386 g/mol. The number of carbonyl (C=O) groups is 2. The van der Waals surface area contributed by atoms with Gasteiger partial charge in [-0.1, -0.05) is 32.6 Å². The molecule has 0 aromatic rings. The standard InChI is InChI=1S/C20H35N3O2.ClH/c1-15(12-16-6-2-3-7-16)20(25)23-11-5-8-17(14-23)13-22-19(24)18-9-4-10-21-18;/h15-18,21H,2-14H2,1H3,(H,22,24);1H. The second-order valence-corrected chi connectivity index (χ2v) is 8.47. The summed E-state index contributed by atoms with van der Waals surface area (Å²) < 4.78 is 0. The van der Waals surface area contributed by atoms with E-state index in [9.17, 15) is 9.59 Å². The van der Waals surface area contributed by atoms with Crippen LogP contribution in [0.2, 0.25) is 0 Å². The summed E-state index contributed by atoms with van der Waals surface area (Å²) in [5, 5.41) is 6.35. The number of nitrogens with one attached hydrogen (secondary N) is 2. The van der Waals surface area contributed by atoms with Gasteiger partial charge < -0.3 is 15.5 Å². The highest BCUT2D eigenvalue weighted by Gasteiger charge is 2.29. The third-order valence-corrected chi connectivity index (χ3v) is 6.36. The van der Waals surface area contributed by atoms with Crippen LogP contribution in [0.4, 0.5) is 0 Å². The van der Waals surface area contributed by atoms with Crippen molar-refractivity contribution in [3.63, 3.8) is 0 Å². The van der Waals surface area contributed by atoms with E-state index in [4.69, 9.17) is 0 Å². The maximum absolute atomic E-state index is 12.8. The van der Waals surface area contributed by atoms with E-state index in [-0.39, 0.29) is 30.3 Å². The van der Waals surface area contributed by atoms with Crippen molar-refractivity contribution in [3.05, 3.63) is 0 Å². The Balaban J connectivity index is 0.00000243. The molecule has 1 saturated carbocycles. The molecule has 3 rings (SSSR count). The zero-order valence-corrected chi connectivity index (χ0v) is 17.0. The van der Waals surface area contributed by atoms with Crippen LogP contribution in [0.1, 0.15) is 64.7 Å². The van der Waals surface area contributed by atoms with Crippen LogP contribution in [0.5, 0.6) is 0 Å². The zero-order chi connectivity index (χ0) is 17.6. The van der Waals surface area contributed by atoms with Crippen molar-refractivity contribution < 1.29 is 9.59 Å². The van der Waals surface area contributed by atoms with Crippen LogP contribution >= 0.6 is 12.4 Å². The Bertz CT molecular complexity index is 462. The molecule has 2 amide bonds. The number of amides is 2. The van der Waals surface area contributed by atoms with Gasteiger partial charge in [0, 0.05) is 25.6 Å². The molecule has 0 aromatic heterocycles. The van der Waals surface area contributed by atoms with Gasteiger partial charge in [-0.25, -0.2) is 0 Å². The van der Waals surface area contributed by atoms with Crippen LogP contribution in [-0.4, -0.2) is 48.9 Å². The summed E-state index contributed by atoms with van der Waals surface area (Å²) in [5.41, 5.74) is 0. The van der Waals surface area contributed by atoms with Crippen LogP contribution in [0.3, 0.4) is 0 Å². The summed E-state index contributed by atoms with van der Waals surface area (Å²) in [5.74, 6) is 1.79. The van der Waals surface area contributed by atoms with Gasteiger partial charge in [-0.2, -0.15) is 0 Å². The largest absolute Gasteiger partial charge is 0.354 e. The fourth-order valence-corrected chi connectivity index (χ4v) is 4.87. The van der Waals surface area contributed by atoms with E-state index in [1.54, 1.807) is 0 Å². The van der Waals surface area contributed by atoms with Gasteiger partial charge in [-0.05, 0) is 50.5 Å². The van der Waals surface area contributed by atoms with Crippen molar-refractivity contribution in [1.82, 2.24) is 15.5 Å². The molecule has 3 unspecified atom stereocenters. The third-order valence-electron chi connectivity index (χ3n) is 6.36. The summed E-state index contributed by atoms with van der Waals surface area (Å²) in [4.78, 5) is 27.0. The maximum Gasteiger partial charge on any atom is 0.237 e. The number of hydrogen-bond acceptors (Lipinski definition) is 3. The third kappa shape index (κ3) is 5.85. The number of rotatable bonds is 6. The van der Waals surface area contributed by atoms with Gasteiger partial charge in [-0.3, -0.25) is 9.59 Å². The van der Waals surface area contributed by atoms with Gasteiger partial charge in [0.25, 0.3) is 0 Å². The summed E-state index contributed by atoms with van der Waals surface area (Å²) in [6, 6.07) is -0.00670. The highest BCUT2D eigenvalue weighted by Crippen LogP contribution is 2.31. The molecule has 0 bridgehead atoms. The Kier molecular flexibility index (Phi) is 8.68. The first kappa shape index (κ1) is 21.5. The molecule has 2 N–H and O–H groups in total. The lowest BCUT2D eigenvalue weighted by Crippen LogP contribution is -2.47. The van der Waals surface area contributed by atoms with E-state index in [0.29, 0.717) is 18.4 Å². The monoisotopic (exact) mass is 385 g/mol. The topological polar surface area (TPSA) is 61.4 Å². The molecule has 2 saturated heterocycles. The van der Waals surface area contributed by atoms with Gasteiger partial charge in [0.1, 0.15) is 0 Å². The first-order chi connectivity index (χ1) is 12.1. The second-order valence-electron chi connectivity index (χ2n) is 8.47. The molecule has 3 aliphatic rings. The van der Waals surface area contributed by atoms with E-state index in [1.807, 2.05) is 0 Å². The number of carbonyl (C=O) groups excluding carboxylic acids is 2. The minimum absolute atomic E-state index is 0. The lowest BCUT2D eigenvalue weighted by Gasteiger charge is -2.35. The molecule has 2 aliphatic heterocycles. The zero-order valence-electron chi connectivity index (χ0n) is 16.2. The quantitative estimate of drug-likeness (QED) is 0.739. The molecule has 26 heavy (non-hydrogen) atoms. The average Bonchev–Trinajstić information content (AvgIpc) is 3.33. The van der Waals surface area contributed by atoms with Gasteiger partial charge >= 0.3 is 0 Å². The SMILES string of the molecule is CC(CC1CCCC1)C(=O)N1CCCC(CNC(=O)C2CCCN2)C1.Cl. The Labute approximate surface area is 164 Å². The molecule has 150 valence electrons. The minimum atomic E-state index is -0.00670. The van der Waals surface area contributed by atoms with Crippen LogP contribution in [0.15, 0.2) is 0 Å². The van der Waals surface area contributed by atoms with Crippen molar-refractivity contribution >= 4 is 24.2 Å². The molecule has 1 aliphatic carbocycles. The van der Waals surface area contributed by atoms with Crippen molar-refractivity contribution in [2.24, 2.45) is 17.8 Å². The first-order valence-electron chi connectivity index (χ1n) is 10.4. The molecular formula is C20H36ClN3O2. The first-order valence-corrected chi connectivity index (χ1v) is 10.4. The fraction of sp³-hybridized carbons (Fsp3) is 0.900. The highest BCUT2D eigenvalue weighted by molar-refractivity contribution is 5.85. The van der Waals surface area contributed by atoms with Crippen LogP contribution < -0.4 is 10.6 Å². The molecule has 0 aromatic carbocycles. The van der Waals surface area contributed by atoms with Gasteiger partial charge in [0.2, 0.25) is 11.8 Å². The number of likely N-dealkylation sites (tertiary alicyclic amines) is 1. The Morgan fingerprint density at radius 1 is 1.08 bits per heavy atom. The van der Waals surface area contributed by atoms with Crippen molar-refractivity contribution in [2.75, 3.05) is 26.2 Å². The summed E-state index contributed by atoms with van der Waals surface area (Å²) in [6.07, 6.45) is 10.6. The smallest absolute Gasteiger partial charge is 0.237 e. The predicted molar refractivity (Wildman–Crippen MR) is 106 cm³/mol. The summed E-state index contributed by atoms with van der Waals surface area (Å²) in [7, 11) is 0. The van der Waals surface area contributed by atoms with Crippen LogP contribution in [0.25, 0.3) is 0 Å². The second kappa shape index (κ2) is 10.5. The number of nitrogens with zero attached hydrogens (tertiary/aromatic N) is 1. The predicted octanol–water partition coefficient (Wildman–Crippen LogP) is 2.73. The minimum Gasteiger partial charge on any atom is -0.354 e. The molecular weight excluding hydrogens is 350 g/mol. The number of halogens is 1. The maximum atomic E-state index is 12.8.